The minimum atomic E-state index is -3.47. The van der Waals surface area contributed by atoms with Crippen LogP contribution in [-0.2, 0) is 27.9 Å². The average molecular weight is 408 g/mol. The zero-order chi connectivity index (χ0) is 19.4. The van der Waals surface area contributed by atoms with Gasteiger partial charge in [-0.2, -0.15) is 4.31 Å². The molecule has 1 amide bonds. The normalized spacial score (nSPS) is 16.4. The molecule has 0 unspecified atom stereocenters. The molecule has 27 heavy (non-hydrogen) atoms. The Hall–Kier alpha value is -1.74. The molecular formula is C19H25N3O3S2. The quantitative estimate of drug-likeness (QED) is 0.797. The monoisotopic (exact) mass is 407 g/mol. The maximum atomic E-state index is 12.9. The molecule has 1 N–H and O–H groups in total. The van der Waals surface area contributed by atoms with Crippen LogP contribution in [-0.4, -0.2) is 49.7 Å². The van der Waals surface area contributed by atoms with E-state index < -0.39 is 10.0 Å². The molecule has 0 atom stereocenters. The molecule has 0 bridgehead atoms. The molecular weight excluding hydrogens is 382 g/mol. The second-order valence-corrected chi connectivity index (χ2v) is 10.1. The van der Waals surface area contributed by atoms with Crippen LogP contribution in [0.15, 0.2) is 40.6 Å². The summed E-state index contributed by atoms with van der Waals surface area (Å²) in [4.78, 5) is 14.1. The lowest BCUT2D eigenvalue weighted by atomic mass is 10.1. The zero-order valence-corrected chi connectivity index (χ0v) is 17.3. The van der Waals surface area contributed by atoms with Crippen molar-refractivity contribution in [1.82, 2.24) is 14.5 Å². The predicted molar refractivity (Wildman–Crippen MR) is 107 cm³/mol. The van der Waals surface area contributed by atoms with Gasteiger partial charge in [-0.1, -0.05) is 24.3 Å². The third-order valence-electron chi connectivity index (χ3n) is 4.73. The van der Waals surface area contributed by atoms with Gasteiger partial charge in [0.2, 0.25) is 5.91 Å². The highest BCUT2D eigenvalue weighted by atomic mass is 32.2. The molecule has 3 rings (SSSR count). The van der Waals surface area contributed by atoms with E-state index in [2.05, 4.69) is 29.3 Å². The Kier molecular flexibility index (Phi) is 6.31. The number of nitrogens with zero attached hydrogens (tertiary/aromatic N) is 2. The van der Waals surface area contributed by atoms with Crippen molar-refractivity contribution >= 4 is 27.3 Å². The van der Waals surface area contributed by atoms with E-state index >= 15 is 0 Å². The van der Waals surface area contributed by atoms with Crippen LogP contribution in [0.25, 0.3) is 0 Å². The molecule has 0 radical (unpaired) electrons. The molecule has 0 aliphatic carbocycles. The first-order valence-corrected chi connectivity index (χ1v) is 11.2. The van der Waals surface area contributed by atoms with Crippen LogP contribution in [0.5, 0.6) is 0 Å². The largest absolute Gasteiger partial charge is 0.351 e. The van der Waals surface area contributed by atoms with Crippen LogP contribution < -0.4 is 5.32 Å². The maximum Gasteiger partial charge on any atom is 0.252 e. The maximum absolute atomic E-state index is 12.9. The summed E-state index contributed by atoms with van der Waals surface area (Å²) in [5.41, 5.74) is 2.55. The Morgan fingerprint density at radius 3 is 2.48 bits per heavy atom. The number of nitrogens with one attached hydrogen (secondary N) is 1. The summed E-state index contributed by atoms with van der Waals surface area (Å²) in [5, 5.41) is 2.70. The smallest absolute Gasteiger partial charge is 0.252 e. The lowest BCUT2D eigenvalue weighted by Crippen LogP contribution is -2.48. The number of hydrogen-bond acceptors (Lipinski definition) is 5. The van der Waals surface area contributed by atoms with Crippen molar-refractivity contribution in [2.24, 2.45) is 0 Å². The van der Waals surface area contributed by atoms with E-state index in [0.717, 1.165) is 24.5 Å². The molecule has 146 valence electrons. The van der Waals surface area contributed by atoms with Crippen LogP contribution >= 0.6 is 11.3 Å². The first-order chi connectivity index (χ1) is 12.9. The number of carbonyl (C=O) groups is 1. The van der Waals surface area contributed by atoms with Gasteiger partial charge in [0.15, 0.2) is 0 Å². The van der Waals surface area contributed by atoms with Crippen LogP contribution in [0.3, 0.4) is 0 Å². The second-order valence-electron chi connectivity index (χ2n) is 6.74. The Labute approximate surface area is 164 Å². The molecule has 2 aromatic rings. The van der Waals surface area contributed by atoms with Crippen molar-refractivity contribution < 1.29 is 13.2 Å². The van der Waals surface area contributed by atoms with Gasteiger partial charge >= 0.3 is 0 Å². The fourth-order valence-electron chi connectivity index (χ4n) is 3.09. The summed E-state index contributed by atoms with van der Waals surface area (Å²) in [7, 11) is -3.47. The van der Waals surface area contributed by atoms with Crippen LogP contribution in [0, 0.1) is 6.92 Å². The Bertz CT molecular complexity index is 900. The lowest BCUT2D eigenvalue weighted by molar-refractivity contribution is -0.119. The average Bonchev–Trinajstić information content (AvgIpc) is 3.12. The van der Waals surface area contributed by atoms with Crippen molar-refractivity contribution in [3.63, 3.8) is 0 Å². The van der Waals surface area contributed by atoms with Gasteiger partial charge in [0, 0.05) is 44.5 Å². The number of aryl methyl sites for hydroxylation is 1. The molecule has 6 nitrogen and oxygen atoms in total. The molecule has 0 spiro atoms. The minimum Gasteiger partial charge on any atom is -0.351 e. The van der Waals surface area contributed by atoms with Crippen molar-refractivity contribution in [1.29, 1.82) is 0 Å². The van der Waals surface area contributed by atoms with E-state index in [9.17, 15) is 13.2 Å². The van der Waals surface area contributed by atoms with Crippen LogP contribution in [0.4, 0.5) is 0 Å². The highest BCUT2D eigenvalue weighted by Gasteiger charge is 2.29. The van der Waals surface area contributed by atoms with Crippen LogP contribution in [0.1, 0.15) is 22.9 Å². The lowest BCUT2D eigenvalue weighted by Gasteiger charge is -2.34. The number of rotatable bonds is 6. The molecule has 0 saturated carbocycles. The van der Waals surface area contributed by atoms with E-state index in [4.69, 9.17) is 0 Å². The molecule has 1 aliphatic rings. The number of thiophene rings is 1. The standard InChI is InChI=1S/C19H25N3O3S2/c1-15-5-3-4-6-17(15)14-21-9-11-22(12-10-21)27(24,25)19-8-7-18(26-19)13-20-16(2)23/h3-8H,9-14H2,1-2H3,(H,20,23). The Balaban J connectivity index is 1.59. The van der Waals surface area contributed by atoms with Crippen molar-refractivity contribution in [2.45, 2.75) is 31.1 Å². The Morgan fingerprint density at radius 1 is 1.11 bits per heavy atom. The fraction of sp³-hybridized carbons (Fsp3) is 0.421. The number of piperazine rings is 1. The molecule has 8 heteroatoms. The van der Waals surface area contributed by atoms with Crippen molar-refractivity contribution in [2.75, 3.05) is 26.2 Å². The van der Waals surface area contributed by atoms with E-state index in [1.807, 2.05) is 12.1 Å². The van der Waals surface area contributed by atoms with E-state index in [1.165, 1.54) is 29.4 Å². The van der Waals surface area contributed by atoms with Gasteiger partial charge in [0.25, 0.3) is 10.0 Å². The third-order valence-corrected chi connectivity index (χ3v) is 8.18. The SMILES string of the molecule is CC(=O)NCc1ccc(S(=O)(=O)N2CCN(Cc3ccccc3C)CC2)s1. The number of sulfonamides is 1. The number of carbonyl (C=O) groups excluding carboxylic acids is 1. The molecule has 1 aromatic heterocycles. The van der Waals surface area contributed by atoms with Crippen molar-refractivity contribution in [3.05, 3.63) is 52.4 Å². The molecule has 1 aromatic carbocycles. The summed E-state index contributed by atoms with van der Waals surface area (Å²) in [5.74, 6) is -0.127. The Morgan fingerprint density at radius 2 is 1.81 bits per heavy atom. The number of amides is 1. The van der Waals surface area contributed by atoms with Gasteiger partial charge in [-0.3, -0.25) is 9.69 Å². The van der Waals surface area contributed by atoms with Gasteiger partial charge in [-0.05, 0) is 30.2 Å². The van der Waals surface area contributed by atoms with E-state index in [0.29, 0.717) is 23.8 Å². The summed E-state index contributed by atoms with van der Waals surface area (Å²) in [6, 6.07) is 11.7. The molecule has 2 heterocycles. The van der Waals surface area contributed by atoms with Gasteiger partial charge in [-0.15, -0.1) is 11.3 Å². The molecule has 1 saturated heterocycles. The summed E-state index contributed by atoms with van der Waals surface area (Å²) in [6.45, 7) is 7.18. The second kappa shape index (κ2) is 8.52. The van der Waals surface area contributed by atoms with Gasteiger partial charge in [0.1, 0.15) is 4.21 Å². The topological polar surface area (TPSA) is 69.7 Å². The van der Waals surface area contributed by atoms with Crippen molar-refractivity contribution in [3.8, 4) is 0 Å². The number of hydrogen-bond donors (Lipinski definition) is 1. The first-order valence-electron chi connectivity index (χ1n) is 8.96. The van der Waals surface area contributed by atoms with Gasteiger partial charge in [0.05, 0.1) is 6.54 Å². The molecule has 1 fully saturated rings. The zero-order valence-electron chi connectivity index (χ0n) is 15.6. The highest BCUT2D eigenvalue weighted by molar-refractivity contribution is 7.91. The summed E-state index contributed by atoms with van der Waals surface area (Å²) >= 11 is 1.22. The molecule has 1 aliphatic heterocycles. The van der Waals surface area contributed by atoms with Gasteiger partial charge in [-0.25, -0.2) is 8.42 Å². The van der Waals surface area contributed by atoms with Gasteiger partial charge < -0.3 is 5.32 Å². The van der Waals surface area contributed by atoms with E-state index in [-0.39, 0.29) is 5.91 Å². The van der Waals surface area contributed by atoms with Crippen LogP contribution in [0.2, 0.25) is 0 Å². The predicted octanol–water partition coefficient (Wildman–Crippen LogP) is 2.20. The highest BCUT2D eigenvalue weighted by Crippen LogP contribution is 2.26. The summed E-state index contributed by atoms with van der Waals surface area (Å²) in [6.07, 6.45) is 0. The fourth-order valence-corrected chi connectivity index (χ4v) is 5.96. The first kappa shape index (κ1) is 20.0. The summed E-state index contributed by atoms with van der Waals surface area (Å²) < 4.78 is 27.7. The number of benzene rings is 1. The van der Waals surface area contributed by atoms with E-state index in [1.54, 1.807) is 16.4 Å². The third kappa shape index (κ3) is 4.95. The minimum absolute atomic E-state index is 0.127.